The lowest BCUT2D eigenvalue weighted by atomic mass is 9.89. The summed E-state index contributed by atoms with van der Waals surface area (Å²) in [7, 11) is 0. The van der Waals surface area contributed by atoms with Crippen molar-refractivity contribution in [1.82, 2.24) is 0 Å². The fourth-order valence-corrected chi connectivity index (χ4v) is 2.75. The van der Waals surface area contributed by atoms with Gasteiger partial charge in [0.1, 0.15) is 12.4 Å². The van der Waals surface area contributed by atoms with Crippen molar-refractivity contribution in [3.8, 4) is 5.75 Å². The Hall–Kier alpha value is -0.780. The van der Waals surface area contributed by atoms with Crippen LogP contribution in [0.25, 0.3) is 0 Å². The number of halogens is 3. The number of ether oxygens (including phenoxy) is 2. The summed E-state index contributed by atoms with van der Waals surface area (Å²) in [5.74, 6) is -0.279. The number of hydrogen-bond donors (Lipinski definition) is 0. The van der Waals surface area contributed by atoms with Gasteiger partial charge in [-0.05, 0) is 48.0 Å². The number of esters is 1. The Bertz CT molecular complexity index is 560. The normalized spacial score (nSPS) is 12.6. The third-order valence-corrected chi connectivity index (χ3v) is 4.01. The van der Waals surface area contributed by atoms with Gasteiger partial charge in [-0.3, -0.25) is 9.59 Å². The zero-order valence-corrected chi connectivity index (χ0v) is 15.6. The highest BCUT2D eigenvalue weighted by molar-refractivity contribution is 9.09. The van der Waals surface area contributed by atoms with Gasteiger partial charge in [0.2, 0.25) is 5.01 Å². The predicted octanol–water partition coefficient (Wildman–Crippen LogP) is 4.64. The van der Waals surface area contributed by atoms with Crippen molar-refractivity contribution >= 4 is 50.9 Å². The fourth-order valence-electron chi connectivity index (χ4n) is 1.48. The highest BCUT2D eigenvalue weighted by Gasteiger charge is 2.35. The van der Waals surface area contributed by atoms with Gasteiger partial charge in [0.15, 0.2) is 5.78 Å². The van der Waals surface area contributed by atoms with E-state index in [1.165, 1.54) is 6.07 Å². The van der Waals surface area contributed by atoms with Crippen LogP contribution in [0.3, 0.4) is 0 Å². The van der Waals surface area contributed by atoms with Gasteiger partial charge in [0.05, 0.1) is 10.4 Å². The van der Waals surface area contributed by atoms with Crippen LogP contribution in [0.1, 0.15) is 27.2 Å². The quantitative estimate of drug-likeness (QED) is 0.484. The first-order chi connectivity index (χ1) is 10.2. The Balaban J connectivity index is 2.72. The number of carbonyl (C=O) groups excluding carboxylic acids is 2. The van der Waals surface area contributed by atoms with Crippen molar-refractivity contribution < 1.29 is 19.1 Å². The summed E-state index contributed by atoms with van der Waals surface area (Å²) in [6.07, 6.45) is 0.263. The lowest BCUT2D eigenvalue weighted by molar-refractivity contribution is -0.149. The molecule has 1 unspecified atom stereocenters. The molecule has 22 heavy (non-hydrogen) atoms. The highest BCUT2D eigenvalue weighted by Crippen LogP contribution is 2.31. The summed E-state index contributed by atoms with van der Waals surface area (Å²) in [5.41, 5.74) is -0.891. The molecule has 1 rings (SSSR count). The van der Waals surface area contributed by atoms with Crippen LogP contribution in [0, 0.1) is 5.41 Å². The second-order valence-electron chi connectivity index (χ2n) is 5.27. The summed E-state index contributed by atoms with van der Waals surface area (Å²) in [6.45, 7) is 5.03. The van der Waals surface area contributed by atoms with Crippen molar-refractivity contribution in [2.24, 2.45) is 5.41 Å². The molecule has 0 bridgehead atoms. The van der Waals surface area contributed by atoms with E-state index in [0.29, 0.717) is 15.8 Å². The monoisotopic (exact) mass is 410 g/mol. The highest BCUT2D eigenvalue weighted by atomic mass is 79.9. The molecule has 122 valence electrons. The summed E-state index contributed by atoms with van der Waals surface area (Å²) in [4.78, 5) is 23.6. The Morgan fingerprint density at radius 2 is 1.95 bits per heavy atom. The lowest BCUT2D eigenvalue weighted by Gasteiger charge is -2.25. The van der Waals surface area contributed by atoms with E-state index in [2.05, 4.69) is 15.9 Å². The van der Waals surface area contributed by atoms with Crippen LogP contribution >= 0.6 is 39.1 Å². The van der Waals surface area contributed by atoms with E-state index in [9.17, 15) is 9.59 Å². The SMILES string of the molecule is CCC(=O)OCC(C)(C)C(=O)C(Br)Oc1ccc(Cl)cc1Cl. The molecule has 0 radical (unpaired) electrons. The number of alkyl halides is 1. The molecular formula is C15H17BrCl2O4. The summed E-state index contributed by atoms with van der Waals surface area (Å²) < 4.78 is 10.6. The first-order valence-corrected chi connectivity index (χ1v) is 8.30. The van der Waals surface area contributed by atoms with E-state index in [0.717, 1.165) is 0 Å². The van der Waals surface area contributed by atoms with Gasteiger partial charge in [-0.25, -0.2) is 0 Å². The maximum absolute atomic E-state index is 12.4. The molecular weight excluding hydrogens is 395 g/mol. The third kappa shape index (κ3) is 5.45. The standard InChI is InChI=1S/C15H17BrCl2O4/c1-4-12(19)21-8-15(2,3)13(20)14(16)22-11-6-5-9(17)7-10(11)18/h5-7,14H,4,8H2,1-3H3. The van der Waals surface area contributed by atoms with Crippen molar-refractivity contribution in [2.45, 2.75) is 32.2 Å². The Morgan fingerprint density at radius 3 is 2.50 bits per heavy atom. The van der Waals surface area contributed by atoms with E-state index < -0.39 is 10.4 Å². The van der Waals surface area contributed by atoms with Crippen LogP contribution in [-0.4, -0.2) is 23.4 Å². The molecule has 7 heteroatoms. The molecule has 1 aromatic rings. The molecule has 0 aliphatic heterocycles. The smallest absolute Gasteiger partial charge is 0.305 e. The van der Waals surface area contributed by atoms with Crippen molar-refractivity contribution in [3.63, 3.8) is 0 Å². The van der Waals surface area contributed by atoms with Crippen molar-refractivity contribution in [2.75, 3.05) is 6.61 Å². The first-order valence-electron chi connectivity index (χ1n) is 6.63. The molecule has 0 N–H and O–H groups in total. The van der Waals surface area contributed by atoms with Gasteiger partial charge < -0.3 is 9.47 Å². The van der Waals surface area contributed by atoms with Gasteiger partial charge in [-0.2, -0.15) is 0 Å². The molecule has 0 aliphatic carbocycles. The zero-order chi connectivity index (χ0) is 16.9. The molecule has 0 aromatic heterocycles. The summed E-state index contributed by atoms with van der Waals surface area (Å²) in [5, 5.41) is -0.136. The van der Waals surface area contributed by atoms with Gasteiger partial charge >= 0.3 is 5.97 Å². The minimum atomic E-state index is -0.915. The topological polar surface area (TPSA) is 52.6 Å². The predicted molar refractivity (Wildman–Crippen MR) is 89.8 cm³/mol. The average Bonchev–Trinajstić information content (AvgIpc) is 2.46. The number of benzene rings is 1. The Labute approximate surface area is 148 Å². The maximum atomic E-state index is 12.4. The number of carbonyl (C=O) groups is 2. The molecule has 0 saturated carbocycles. The number of ketones is 1. The molecule has 0 spiro atoms. The zero-order valence-electron chi connectivity index (χ0n) is 12.5. The molecule has 0 amide bonds. The minimum Gasteiger partial charge on any atom is -0.470 e. The maximum Gasteiger partial charge on any atom is 0.305 e. The molecule has 1 aromatic carbocycles. The number of rotatable bonds is 7. The number of Topliss-reactive ketones (excluding diaryl/α,β-unsaturated/α-hetero) is 1. The third-order valence-electron chi connectivity index (χ3n) is 2.88. The lowest BCUT2D eigenvalue weighted by Crippen LogP contribution is -2.38. The summed E-state index contributed by atoms with van der Waals surface area (Å²) >= 11 is 15.0. The van der Waals surface area contributed by atoms with E-state index >= 15 is 0 Å². The molecule has 0 saturated heterocycles. The first kappa shape index (κ1) is 19.3. The van der Waals surface area contributed by atoms with Crippen LogP contribution in [0.15, 0.2) is 18.2 Å². The van der Waals surface area contributed by atoms with Crippen LogP contribution in [0.5, 0.6) is 5.75 Å². The molecule has 4 nitrogen and oxygen atoms in total. The van der Waals surface area contributed by atoms with Gasteiger partial charge in [-0.15, -0.1) is 0 Å². The molecule has 1 atom stereocenters. The Morgan fingerprint density at radius 1 is 1.32 bits per heavy atom. The van der Waals surface area contributed by atoms with Crippen LogP contribution < -0.4 is 4.74 Å². The molecule has 0 aliphatic rings. The van der Waals surface area contributed by atoms with E-state index in [4.69, 9.17) is 32.7 Å². The van der Waals surface area contributed by atoms with Gasteiger partial charge in [0, 0.05) is 11.4 Å². The fraction of sp³-hybridized carbons (Fsp3) is 0.467. The van der Waals surface area contributed by atoms with Crippen LogP contribution in [-0.2, 0) is 14.3 Å². The minimum absolute atomic E-state index is 0.0156. The van der Waals surface area contributed by atoms with Crippen molar-refractivity contribution in [1.29, 1.82) is 0 Å². The van der Waals surface area contributed by atoms with Crippen LogP contribution in [0.4, 0.5) is 0 Å². The molecule has 0 fully saturated rings. The second kappa shape index (κ2) is 8.18. The molecule has 0 heterocycles. The largest absolute Gasteiger partial charge is 0.470 e. The average molecular weight is 412 g/mol. The van der Waals surface area contributed by atoms with Crippen molar-refractivity contribution in [3.05, 3.63) is 28.2 Å². The van der Waals surface area contributed by atoms with Gasteiger partial charge in [0.25, 0.3) is 0 Å². The van der Waals surface area contributed by atoms with E-state index in [1.54, 1.807) is 32.9 Å². The van der Waals surface area contributed by atoms with Crippen LogP contribution in [0.2, 0.25) is 10.0 Å². The van der Waals surface area contributed by atoms with E-state index in [1.807, 2.05) is 0 Å². The van der Waals surface area contributed by atoms with Gasteiger partial charge in [-0.1, -0.05) is 30.1 Å². The number of hydrogen-bond acceptors (Lipinski definition) is 4. The van der Waals surface area contributed by atoms with E-state index in [-0.39, 0.29) is 24.8 Å². The summed E-state index contributed by atoms with van der Waals surface area (Å²) in [6, 6.07) is 4.72. The second-order valence-corrected chi connectivity index (χ2v) is 6.95. The Kier molecular flexibility index (Phi) is 7.16.